The molecule has 1 aliphatic heterocycles. The molecule has 0 spiro atoms. The number of benzene rings is 4. The van der Waals surface area contributed by atoms with E-state index in [2.05, 4.69) is 17.1 Å². The van der Waals surface area contributed by atoms with Gasteiger partial charge >= 0.3 is 0 Å². The Hall–Kier alpha value is -4.30. The topological polar surface area (TPSA) is 69.7 Å². The first-order valence-electron chi connectivity index (χ1n) is 12.8. The van der Waals surface area contributed by atoms with Crippen LogP contribution in [0.2, 0.25) is 0 Å². The van der Waals surface area contributed by atoms with Crippen LogP contribution in [0.1, 0.15) is 33.2 Å². The molecule has 0 fully saturated rings. The summed E-state index contributed by atoms with van der Waals surface area (Å²) in [6.07, 6.45) is 0. The van der Waals surface area contributed by atoms with Crippen molar-refractivity contribution in [3.8, 4) is 0 Å². The fourth-order valence-electron chi connectivity index (χ4n) is 4.67. The van der Waals surface area contributed by atoms with Gasteiger partial charge in [0.2, 0.25) is 0 Å². The van der Waals surface area contributed by atoms with Crippen molar-refractivity contribution >= 4 is 34.0 Å². The van der Waals surface area contributed by atoms with E-state index in [0.717, 1.165) is 12.2 Å². The Labute approximate surface area is 229 Å². The number of halogens is 1. The maximum atomic E-state index is 14.6. The molecule has 198 valence electrons. The summed E-state index contributed by atoms with van der Waals surface area (Å²) < 4.78 is 28.2. The number of hydrogen-bond acceptors (Lipinski definition) is 4. The van der Waals surface area contributed by atoms with Gasteiger partial charge in [-0.1, -0.05) is 48.5 Å². The molecule has 1 N–H and O–H groups in total. The molecule has 0 unspecified atom stereocenters. The van der Waals surface area contributed by atoms with E-state index in [0.29, 0.717) is 39.7 Å². The highest BCUT2D eigenvalue weighted by Gasteiger charge is 2.32. The molecule has 0 bridgehead atoms. The van der Waals surface area contributed by atoms with Gasteiger partial charge in [-0.3, -0.25) is 9.59 Å². The predicted octanol–water partition coefficient (Wildman–Crippen LogP) is 5.41. The van der Waals surface area contributed by atoms with Gasteiger partial charge in [-0.25, -0.2) is 8.60 Å². The molecule has 1 heterocycles. The molecule has 0 radical (unpaired) electrons. The zero-order valence-corrected chi connectivity index (χ0v) is 22.3. The van der Waals surface area contributed by atoms with Gasteiger partial charge in [-0.15, -0.1) is 0 Å². The average molecular weight is 542 g/mol. The van der Waals surface area contributed by atoms with Crippen LogP contribution in [0, 0.1) is 5.82 Å². The van der Waals surface area contributed by atoms with Gasteiger partial charge < -0.3 is 15.1 Å². The van der Waals surface area contributed by atoms with Gasteiger partial charge in [0.25, 0.3) is 11.8 Å². The molecule has 4 aromatic rings. The first-order valence-corrected chi connectivity index (χ1v) is 13.9. The maximum absolute atomic E-state index is 14.6. The van der Waals surface area contributed by atoms with E-state index in [1.54, 1.807) is 60.7 Å². The third kappa shape index (κ3) is 5.47. The second kappa shape index (κ2) is 11.6. The minimum absolute atomic E-state index is 0.0718. The third-order valence-corrected chi connectivity index (χ3v) is 8.23. The summed E-state index contributed by atoms with van der Waals surface area (Å²) in [6, 6.07) is 27.7. The minimum Gasteiger partial charge on any atom is -0.370 e. The molecule has 0 aromatic heterocycles. The number of carbonyl (C=O) groups is 2. The van der Waals surface area contributed by atoms with Gasteiger partial charge in [0, 0.05) is 36.4 Å². The van der Waals surface area contributed by atoms with Crippen LogP contribution in [0.5, 0.6) is 0 Å². The van der Waals surface area contributed by atoms with Crippen LogP contribution in [-0.2, 0) is 17.3 Å². The Balaban J connectivity index is 1.44. The molecular formula is C31H28FN3O3S. The van der Waals surface area contributed by atoms with E-state index >= 15 is 0 Å². The van der Waals surface area contributed by atoms with Gasteiger partial charge in [0.15, 0.2) is 0 Å². The van der Waals surface area contributed by atoms with Crippen LogP contribution < -0.4 is 15.1 Å². The van der Waals surface area contributed by atoms with E-state index in [1.807, 2.05) is 30.3 Å². The first-order chi connectivity index (χ1) is 19.0. The molecule has 8 heteroatoms. The SMILES string of the molecule is CCN(CCNC(=O)c1ccc2c(c1)N(Cc1ccccc1F)C(=O)c1ccccc1[S@@]2=O)c1ccccc1. The van der Waals surface area contributed by atoms with Crippen LogP contribution in [0.3, 0.4) is 0 Å². The number of fused-ring (bicyclic) bond motifs is 2. The molecule has 0 saturated heterocycles. The van der Waals surface area contributed by atoms with Crippen molar-refractivity contribution in [1.29, 1.82) is 0 Å². The number of carbonyl (C=O) groups excluding carboxylic acids is 2. The highest BCUT2D eigenvalue weighted by atomic mass is 32.2. The minimum atomic E-state index is -1.66. The normalized spacial score (nSPS) is 14.3. The Morgan fingerprint density at radius 2 is 1.64 bits per heavy atom. The number of para-hydroxylation sites is 1. The van der Waals surface area contributed by atoms with Crippen LogP contribution in [0.4, 0.5) is 15.8 Å². The van der Waals surface area contributed by atoms with Crippen molar-refractivity contribution < 1.29 is 18.2 Å². The molecule has 4 aromatic carbocycles. The molecule has 2 amide bonds. The number of nitrogens with one attached hydrogen (secondary N) is 1. The number of nitrogens with zero attached hydrogens (tertiary/aromatic N) is 2. The molecule has 1 atom stereocenters. The van der Waals surface area contributed by atoms with Crippen LogP contribution in [0.15, 0.2) is 107 Å². The summed E-state index contributed by atoms with van der Waals surface area (Å²) in [5.41, 5.74) is 2.33. The fraction of sp³-hybridized carbons (Fsp3) is 0.161. The Bertz CT molecular complexity index is 1540. The zero-order chi connectivity index (χ0) is 27.4. The van der Waals surface area contributed by atoms with Crippen LogP contribution >= 0.6 is 0 Å². The fourth-order valence-corrected chi connectivity index (χ4v) is 6.02. The first kappa shape index (κ1) is 26.3. The van der Waals surface area contributed by atoms with E-state index in [1.165, 1.54) is 11.0 Å². The summed E-state index contributed by atoms with van der Waals surface area (Å²) in [7, 11) is -1.66. The number of anilines is 2. The summed E-state index contributed by atoms with van der Waals surface area (Å²) in [5.74, 6) is -1.16. The second-order valence-electron chi connectivity index (χ2n) is 9.10. The van der Waals surface area contributed by atoms with Crippen molar-refractivity contribution in [2.24, 2.45) is 0 Å². The highest BCUT2D eigenvalue weighted by molar-refractivity contribution is 7.85. The van der Waals surface area contributed by atoms with Crippen molar-refractivity contribution in [2.75, 3.05) is 29.4 Å². The van der Waals surface area contributed by atoms with Crippen molar-refractivity contribution in [2.45, 2.75) is 23.3 Å². The molecule has 0 saturated carbocycles. The molecule has 1 aliphatic rings. The van der Waals surface area contributed by atoms with Crippen LogP contribution in [0.25, 0.3) is 0 Å². The zero-order valence-electron chi connectivity index (χ0n) is 21.5. The Morgan fingerprint density at radius 3 is 2.41 bits per heavy atom. The Morgan fingerprint density at radius 1 is 0.923 bits per heavy atom. The molecule has 5 rings (SSSR count). The Kier molecular flexibility index (Phi) is 7.84. The molecule has 39 heavy (non-hydrogen) atoms. The van der Waals surface area contributed by atoms with Crippen molar-refractivity contribution in [3.05, 3.63) is 120 Å². The average Bonchev–Trinajstić information content (AvgIpc) is 3.06. The standard InChI is InChI=1S/C31H28FN3O3S/c1-2-34(24-11-4-3-5-12-24)19-18-33-30(36)22-16-17-29-27(20-22)35(21-23-10-6-8-14-26(23)32)31(37)25-13-7-9-15-28(25)39(29)38/h3-17,20H,2,18-19,21H2,1H3,(H,33,36)/t39-/m0/s1. The van der Waals surface area contributed by atoms with E-state index in [-0.39, 0.29) is 18.0 Å². The lowest BCUT2D eigenvalue weighted by Gasteiger charge is -2.24. The van der Waals surface area contributed by atoms with E-state index < -0.39 is 22.5 Å². The second-order valence-corrected chi connectivity index (χ2v) is 10.5. The van der Waals surface area contributed by atoms with E-state index in [9.17, 15) is 18.2 Å². The summed E-state index contributed by atoms with van der Waals surface area (Å²) >= 11 is 0. The van der Waals surface area contributed by atoms with Crippen molar-refractivity contribution in [1.82, 2.24) is 5.32 Å². The number of amides is 2. The third-order valence-electron chi connectivity index (χ3n) is 6.73. The maximum Gasteiger partial charge on any atom is 0.259 e. The van der Waals surface area contributed by atoms with Gasteiger partial charge in [0.1, 0.15) is 5.82 Å². The number of likely N-dealkylation sites (N-methyl/N-ethyl adjacent to an activating group) is 1. The summed E-state index contributed by atoms with van der Waals surface area (Å²) in [4.78, 5) is 31.2. The van der Waals surface area contributed by atoms with Gasteiger partial charge in [0.05, 0.1) is 38.4 Å². The lowest BCUT2D eigenvalue weighted by Crippen LogP contribution is -2.35. The lowest BCUT2D eigenvalue weighted by atomic mass is 10.1. The summed E-state index contributed by atoms with van der Waals surface area (Å²) in [5, 5.41) is 2.95. The molecule has 6 nitrogen and oxygen atoms in total. The molecule has 0 aliphatic carbocycles. The van der Waals surface area contributed by atoms with Crippen molar-refractivity contribution in [3.63, 3.8) is 0 Å². The quantitative estimate of drug-likeness (QED) is 0.324. The number of rotatable bonds is 8. The highest BCUT2D eigenvalue weighted by Crippen LogP contribution is 2.36. The van der Waals surface area contributed by atoms with Gasteiger partial charge in [-0.05, 0) is 55.5 Å². The lowest BCUT2D eigenvalue weighted by molar-refractivity contribution is 0.0950. The summed E-state index contributed by atoms with van der Waals surface area (Å²) in [6.45, 7) is 3.80. The smallest absolute Gasteiger partial charge is 0.259 e. The molecular weight excluding hydrogens is 513 g/mol. The largest absolute Gasteiger partial charge is 0.370 e. The monoisotopic (exact) mass is 541 g/mol. The van der Waals surface area contributed by atoms with Crippen LogP contribution in [-0.4, -0.2) is 35.7 Å². The van der Waals surface area contributed by atoms with Gasteiger partial charge in [-0.2, -0.15) is 0 Å². The predicted molar refractivity (Wildman–Crippen MR) is 151 cm³/mol. The van der Waals surface area contributed by atoms with E-state index in [4.69, 9.17) is 0 Å². The number of hydrogen-bond donors (Lipinski definition) is 1.